The van der Waals surface area contributed by atoms with Gasteiger partial charge in [-0.3, -0.25) is 0 Å². The number of furan rings is 3. The first-order chi connectivity index (χ1) is 27.7. The molecule has 0 spiro atoms. The molecule has 0 bridgehead atoms. The van der Waals surface area contributed by atoms with Crippen molar-refractivity contribution < 1.29 is 13.3 Å². The molecular formula is C52H31NO3. The van der Waals surface area contributed by atoms with Crippen LogP contribution in [0.5, 0.6) is 0 Å². The second-order valence-corrected chi connectivity index (χ2v) is 14.4. The molecule has 56 heavy (non-hydrogen) atoms. The van der Waals surface area contributed by atoms with E-state index >= 15 is 0 Å². The van der Waals surface area contributed by atoms with Crippen molar-refractivity contribution in [2.75, 3.05) is 4.90 Å². The monoisotopic (exact) mass is 717 g/mol. The van der Waals surface area contributed by atoms with E-state index in [-0.39, 0.29) is 0 Å². The largest absolute Gasteiger partial charge is 0.456 e. The minimum absolute atomic E-state index is 0.861. The Bertz CT molecular complexity index is 3490. The van der Waals surface area contributed by atoms with E-state index in [1.54, 1.807) is 0 Å². The fourth-order valence-electron chi connectivity index (χ4n) is 8.62. The van der Waals surface area contributed by atoms with Crippen molar-refractivity contribution in [2.24, 2.45) is 0 Å². The maximum absolute atomic E-state index is 6.87. The molecule has 0 amide bonds. The van der Waals surface area contributed by atoms with Crippen LogP contribution in [0.1, 0.15) is 0 Å². The molecule has 4 heteroatoms. The minimum atomic E-state index is 0.861. The van der Waals surface area contributed by atoms with E-state index in [1.807, 2.05) is 24.3 Å². The van der Waals surface area contributed by atoms with Crippen molar-refractivity contribution in [3.63, 3.8) is 0 Å². The summed E-state index contributed by atoms with van der Waals surface area (Å²) in [6.45, 7) is 0. The third kappa shape index (κ3) is 4.66. The Morgan fingerprint density at radius 1 is 0.304 bits per heavy atom. The maximum Gasteiger partial charge on any atom is 0.143 e. The molecule has 12 aromatic rings. The molecule has 262 valence electrons. The Labute approximate surface area is 321 Å². The van der Waals surface area contributed by atoms with Crippen LogP contribution in [0, 0.1) is 0 Å². The smallest absolute Gasteiger partial charge is 0.143 e. The highest BCUT2D eigenvalue weighted by Crippen LogP contribution is 2.46. The molecule has 3 heterocycles. The number of benzene rings is 9. The molecule has 0 fully saturated rings. The lowest BCUT2D eigenvalue weighted by Crippen LogP contribution is -2.11. The van der Waals surface area contributed by atoms with E-state index in [0.29, 0.717) is 0 Å². The second kappa shape index (κ2) is 12.0. The number of fused-ring (bicyclic) bond motifs is 11. The quantitative estimate of drug-likeness (QED) is 0.178. The summed E-state index contributed by atoms with van der Waals surface area (Å²) in [6, 6.07) is 66.2. The van der Waals surface area contributed by atoms with Gasteiger partial charge in [0.25, 0.3) is 0 Å². The lowest BCUT2D eigenvalue weighted by Gasteiger charge is -2.28. The summed E-state index contributed by atoms with van der Waals surface area (Å²) < 4.78 is 19.3. The van der Waals surface area contributed by atoms with Gasteiger partial charge in [0.2, 0.25) is 0 Å². The lowest BCUT2D eigenvalue weighted by molar-refractivity contribution is 0.668. The van der Waals surface area contributed by atoms with Gasteiger partial charge >= 0.3 is 0 Å². The van der Waals surface area contributed by atoms with Crippen LogP contribution in [-0.2, 0) is 0 Å². The van der Waals surface area contributed by atoms with Crippen LogP contribution in [-0.4, -0.2) is 0 Å². The highest BCUT2D eigenvalue weighted by Gasteiger charge is 2.22. The van der Waals surface area contributed by atoms with Gasteiger partial charge in [-0.25, -0.2) is 0 Å². The third-order valence-corrected chi connectivity index (χ3v) is 11.3. The molecule has 0 radical (unpaired) electrons. The van der Waals surface area contributed by atoms with Crippen molar-refractivity contribution in [3.8, 4) is 22.3 Å². The summed E-state index contributed by atoms with van der Waals surface area (Å²) in [6.07, 6.45) is 0. The van der Waals surface area contributed by atoms with Crippen LogP contribution in [0.15, 0.2) is 201 Å². The minimum Gasteiger partial charge on any atom is -0.456 e. The van der Waals surface area contributed by atoms with Crippen molar-refractivity contribution in [3.05, 3.63) is 188 Å². The molecule has 0 saturated heterocycles. The van der Waals surface area contributed by atoms with Gasteiger partial charge in [-0.2, -0.15) is 0 Å². The molecule has 0 aliphatic carbocycles. The van der Waals surface area contributed by atoms with E-state index in [9.17, 15) is 0 Å². The van der Waals surface area contributed by atoms with Gasteiger partial charge in [0.05, 0.1) is 5.69 Å². The Hall–Kier alpha value is -7.56. The second-order valence-electron chi connectivity index (χ2n) is 14.4. The van der Waals surface area contributed by atoms with E-state index in [0.717, 1.165) is 116 Å². The van der Waals surface area contributed by atoms with Gasteiger partial charge in [0.1, 0.15) is 33.5 Å². The fourth-order valence-corrected chi connectivity index (χ4v) is 8.62. The zero-order chi connectivity index (χ0) is 36.7. The lowest BCUT2D eigenvalue weighted by atomic mass is 9.98. The first kappa shape index (κ1) is 30.9. The summed E-state index contributed by atoms with van der Waals surface area (Å²) in [5, 5.41) is 8.90. The van der Waals surface area contributed by atoms with Gasteiger partial charge in [0, 0.05) is 60.2 Å². The molecule has 9 aromatic carbocycles. The number of hydrogen-bond acceptors (Lipinski definition) is 4. The van der Waals surface area contributed by atoms with Crippen LogP contribution in [0.4, 0.5) is 17.1 Å². The van der Waals surface area contributed by atoms with Crippen molar-refractivity contribution in [1.82, 2.24) is 0 Å². The molecule has 0 atom stereocenters. The summed E-state index contributed by atoms with van der Waals surface area (Å²) >= 11 is 0. The first-order valence-corrected chi connectivity index (χ1v) is 18.9. The Kier molecular flexibility index (Phi) is 6.60. The fraction of sp³-hybridized carbons (Fsp3) is 0. The number of nitrogens with zero attached hydrogens (tertiary/aromatic N) is 1. The van der Waals surface area contributed by atoms with Crippen molar-refractivity contribution in [1.29, 1.82) is 0 Å². The summed E-state index contributed by atoms with van der Waals surface area (Å²) in [4.78, 5) is 2.35. The summed E-state index contributed by atoms with van der Waals surface area (Å²) in [5.41, 5.74) is 12.8. The third-order valence-electron chi connectivity index (χ3n) is 11.3. The highest BCUT2D eigenvalue weighted by molar-refractivity contribution is 6.18. The van der Waals surface area contributed by atoms with E-state index in [2.05, 4.69) is 169 Å². The van der Waals surface area contributed by atoms with Gasteiger partial charge in [-0.05, 0) is 83.2 Å². The van der Waals surface area contributed by atoms with E-state index < -0.39 is 0 Å². The van der Waals surface area contributed by atoms with E-state index in [4.69, 9.17) is 13.3 Å². The molecule has 3 aromatic heterocycles. The Balaban J connectivity index is 1.05. The molecule has 0 saturated carbocycles. The number of rotatable bonds is 5. The predicted octanol–water partition coefficient (Wildman–Crippen LogP) is 15.3. The first-order valence-electron chi connectivity index (χ1n) is 18.9. The van der Waals surface area contributed by atoms with Gasteiger partial charge < -0.3 is 18.2 Å². The predicted molar refractivity (Wildman–Crippen MR) is 231 cm³/mol. The van der Waals surface area contributed by atoms with Crippen LogP contribution in [0.3, 0.4) is 0 Å². The molecule has 0 aliphatic rings. The summed E-state index contributed by atoms with van der Waals surface area (Å²) in [7, 11) is 0. The Morgan fingerprint density at radius 3 is 1.68 bits per heavy atom. The molecule has 0 N–H and O–H groups in total. The molecular weight excluding hydrogens is 687 g/mol. The van der Waals surface area contributed by atoms with Crippen molar-refractivity contribution >= 4 is 93.7 Å². The SMILES string of the molecule is c1ccc(N(c2ccc(-c3ccc4oc5ccccc5c4c3)cc2)c2ccc3oc4ccccc4c3c2)c(-c2cccc3c2oc2c4ccccc4ccc32)c1. The van der Waals surface area contributed by atoms with Crippen molar-refractivity contribution in [2.45, 2.75) is 0 Å². The molecule has 4 nitrogen and oxygen atoms in total. The zero-order valence-electron chi connectivity index (χ0n) is 30.1. The standard InChI is InChI=1S/C52H31NO3/c1-2-11-37-33(10-1)22-27-43-42-16-9-15-41(52(42)56-51(37)43)38-12-3-6-17-46(38)53(36-26-29-50-45(31-36)40-14-5-8-19-48(40)55-50)35-24-20-32(21-25-35)34-23-28-49-44(30-34)39-13-4-7-18-47(39)54-49/h1-31H. The Morgan fingerprint density at radius 2 is 0.875 bits per heavy atom. The number of para-hydroxylation sites is 4. The van der Waals surface area contributed by atoms with Gasteiger partial charge in [-0.15, -0.1) is 0 Å². The van der Waals surface area contributed by atoms with Crippen LogP contribution >= 0.6 is 0 Å². The van der Waals surface area contributed by atoms with Crippen LogP contribution in [0.2, 0.25) is 0 Å². The van der Waals surface area contributed by atoms with Gasteiger partial charge in [0.15, 0.2) is 0 Å². The molecule has 0 unspecified atom stereocenters. The maximum atomic E-state index is 6.87. The van der Waals surface area contributed by atoms with Crippen LogP contribution < -0.4 is 4.90 Å². The topological polar surface area (TPSA) is 42.7 Å². The summed E-state index contributed by atoms with van der Waals surface area (Å²) in [5.74, 6) is 0. The van der Waals surface area contributed by atoms with Crippen LogP contribution in [0.25, 0.3) is 98.8 Å². The average Bonchev–Trinajstić information content (AvgIpc) is 3.95. The average molecular weight is 718 g/mol. The van der Waals surface area contributed by atoms with E-state index in [1.165, 1.54) is 0 Å². The zero-order valence-corrected chi connectivity index (χ0v) is 30.1. The number of anilines is 3. The molecule has 12 rings (SSSR count). The number of hydrogen-bond donors (Lipinski definition) is 0. The highest BCUT2D eigenvalue weighted by atomic mass is 16.3. The van der Waals surface area contributed by atoms with Gasteiger partial charge in [-0.1, -0.05) is 121 Å². The normalized spacial score (nSPS) is 11.9. The molecule has 0 aliphatic heterocycles.